The zero-order valence-electron chi connectivity index (χ0n) is 85.2. The summed E-state index contributed by atoms with van der Waals surface area (Å²) in [6.45, 7) is 2.68. The molecule has 9 rings (SSSR count). The van der Waals surface area contributed by atoms with Crippen molar-refractivity contribution in [2.75, 3.05) is 46.2 Å². The van der Waals surface area contributed by atoms with E-state index in [9.17, 15) is 137 Å². The van der Waals surface area contributed by atoms with Gasteiger partial charge in [0.25, 0.3) is 0 Å². The largest absolute Gasteiger partial charge is 0.394 e. The van der Waals surface area contributed by atoms with Gasteiger partial charge in [-0.05, 0) is 40.0 Å². The molecule has 9 heterocycles. The topological polar surface area (TPSA) is 739 Å². The molecule has 48 nitrogen and oxygen atoms in total. The molecule has 9 aliphatic heterocycles. The van der Waals surface area contributed by atoms with Crippen LogP contribution in [0.3, 0.4) is 0 Å². The van der Waals surface area contributed by atoms with Gasteiger partial charge in [0.2, 0.25) is 17.7 Å². The third-order valence-corrected chi connectivity index (χ3v) is 29.0. The summed E-state index contributed by atoms with van der Waals surface area (Å²) in [5, 5.41) is 282. The monoisotopic (exact) mass is 2110 g/mol. The highest BCUT2D eigenvalue weighted by molar-refractivity contribution is 5.76. The minimum Gasteiger partial charge on any atom is -0.394 e. The Labute approximate surface area is 853 Å². The number of carbonyl (C=O) groups excluding carboxylic acids is 3. The molecule has 0 spiro atoms. The fraction of sp³-hybridized carbons (Fsp3) is 0.949. The van der Waals surface area contributed by atoms with E-state index in [1.807, 2.05) is 6.08 Å². The van der Waals surface area contributed by atoms with Crippen LogP contribution in [0.2, 0.25) is 0 Å². The predicted molar refractivity (Wildman–Crippen MR) is 506 cm³/mol. The number of nitrogens with one attached hydrogen (secondary N) is 3. The van der Waals surface area contributed by atoms with Gasteiger partial charge in [0.15, 0.2) is 56.6 Å². The molecule has 146 heavy (non-hydrogen) atoms. The van der Waals surface area contributed by atoms with Crippen LogP contribution in [0.15, 0.2) is 12.2 Å². The standard InChI is InChI=1S/C98H175N3O45/c1-8-10-12-14-16-18-20-22-23-24-25-26-27-29-31-33-35-37-39-41-62(111)101-54(55(110)40-38-36-34-32-30-28-21-19-17-15-13-11-9-2)48-129-92-79(126)75(122)82(59(45-105)138-92)139-96-80(127)87(69(116)57(43-103)133-96)144-90-63(99-52(6)108)85(83(60(46-106)136-90)140-93-76(123)71(118)65(112)49(3)130-93)143-97-81(128)88(70(117)58(44-104)134-97)145-91-64(100-53(7)109)86(142-94-77(124)72(119)66(113)50(4)131-94)84(61(47-107)137-91)141-98-89(74(121)68(115)56(42-102)135-98)146-95-78(125)73(120)67(114)51(5)132-95/h38,40,49-51,54-61,63-98,102-107,110,112-128H,8-37,39,41-48H2,1-7H3,(H,99,108)(H,100,109)(H,101,111)/b40-38+/t49?,50?,51?,54-,55+,56?,57?,58?,59?,60?,61?,63?,64?,65+,66+,67+,68-,69-,70-,71?,72?,73?,74-,75+,76-,77-,78-,79?,80?,81?,82+,83+,84+,85+,86+,87-,88-,89?,90-,91-,92+,93+,94+,95+,96-,97-,98-/m0/s1. The number of unbranched alkanes of at least 4 members (excludes halogenated alkanes) is 29. The zero-order chi connectivity index (χ0) is 107. The zero-order valence-corrected chi connectivity index (χ0v) is 85.2. The molecule has 3 amide bonds. The number of amides is 3. The van der Waals surface area contributed by atoms with Gasteiger partial charge in [-0.1, -0.05) is 206 Å². The summed E-state index contributed by atoms with van der Waals surface area (Å²) < 4.78 is 111. The number of carbonyl (C=O) groups is 3. The van der Waals surface area contributed by atoms with E-state index < -0.39 is 346 Å². The number of ether oxygens (including phenoxy) is 18. The predicted octanol–water partition coefficient (Wildman–Crippen LogP) is -4.31. The van der Waals surface area contributed by atoms with Gasteiger partial charge >= 0.3 is 0 Å². The average Bonchev–Trinajstić information content (AvgIpc) is 0.753. The van der Waals surface area contributed by atoms with Gasteiger partial charge in [-0.3, -0.25) is 14.4 Å². The average molecular weight is 2120 g/mol. The van der Waals surface area contributed by atoms with Gasteiger partial charge in [-0.2, -0.15) is 0 Å². The second-order valence-corrected chi connectivity index (χ2v) is 40.4. The van der Waals surface area contributed by atoms with Gasteiger partial charge in [-0.15, -0.1) is 0 Å². The highest BCUT2D eigenvalue weighted by Crippen LogP contribution is 2.43. The van der Waals surface area contributed by atoms with E-state index in [1.54, 1.807) is 6.08 Å². The van der Waals surface area contributed by atoms with Crippen LogP contribution in [-0.4, -0.2) is 475 Å². The lowest BCUT2D eigenvalue weighted by atomic mass is 9.93. The van der Waals surface area contributed by atoms with Crippen LogP contribution in [0.25, 0.3) is 0 Å². The number of aliphatic hydroxyl groups excluding tert-OH is 24. The molecule has 48 heteroatoms. The van der Waals surface area contributed by atoms with E-state index in [1.165, 1.54) is 143 Å². The number of hydrogen-bond donors (Lipinski definition) is 27. The lowest BCUT2D eigenvalue weighted by molar-refractivity contribution is -0.404. The normalized spacial score (nSPS) is 40.9. The highest BCUT2D eigenvalue weighted by Gasteiger charge is 2.63. The van der Waals surface area contributed by atoms with Gasteiger partial charge in [0.1, 0.15) is 201 Å². The van der Waals surface area contributed by atoms with Crippen molar-refractivity contribution in [3.8, 4) is 0 Å². The molecule has 0 bridgehead atoms. The molecule has 9 aliphatic rings. The Morgan fingerprint density at radius 1 is 0.281 bits per heavy atom. The molecule has 0 aromatic carbocycles. The van der Waals surface area contributed by atoms with E-state index in [0.29, 0.717) is 12.8 Å². The minimum atomic E-state index is -2.55. The van der Waals surface area contributed by atoms with E-state index in [2.05, 4.69) is 29.8 Å². The summed E-state index contributed by atoms with van der Waals surface area (Å²) in [4.78, 5) is 41.4. The van der Waals surface area contributed by atoms with E-state index in [0.717, 1.165) is 78.1 Å². The number of aliphatic hydroxyl groups is 24. The second kappa shape index (κ2) is 64.2. The van der Waals surface area contributed by atoms with Crippen LogP contribution in [0.1, 0.15) is 254 Å². The maximum atomic E-state index is 13.9. The molecule has 9 saturated heterocycles. The fourth-order valence-electron chi connectivity index (χ4n) is 20.1. The van der Waals surface area contributed by atoms with Crippen molar-refractivity contribution in [1.29, 1.82) is 0 Å². The van der Waals surface area contributed by atoms with E-state index in [4.69, 9.17) is 85.3 Å². The first-order chi connectivity index (χ1) is 69.9. The molecule has 47 atom stereocenters. The SMILES string of the molecule is CCCCCCCCCCCCC/C=C/[C@@H](O)[C@H](CO[C@@H]1OC(CO)[C@@H](O[C@@H]2OC(CO)[C@H](O)[C@H](O[C@@H]3OC(CO)[C@@H](O[C@H]4OC(C)[C@@H](O)C(O)[C@@H]4O)[C@H](O[C@@H]4OC(CO)[C@H](O)[C@H](O[C@@H]5OC(CO)[C@@H](O[C@@H]6OC(CO)[C@H](O)[C@H](O)C6O[C@H]6OC(C)[C@@H](O)C(O)[C@@H]6O)[C@H](O[C@H]6OC(C)[C@@H](O)C(O)[C@@H]6O)C5NC(C)=O)C4O)C3NC(C)=O)C2O)[C@H](O)C1O)NC(=O)CCCCCCCCCCCCCCCCCCCCC. The summed E-state index contributed by atoms with van der Waals surface area (Å²) in [5.41, 5.74) is 0. The molecule has 852 valence electrons. The minimum absolute atomic E-state index is 0.128. The van der Waals surface area contributed by atoms with Gasteiger partial charge in [0.05, 0.1) is 76.7 Å². The number of hydrogen-bond acceptors (Lipinski definition) is 45. The van der Waals surface area contributed by atoms with Crippen LogP contribution >= 0.6 is 0 Å². The van der Waals surface area contributed by atoms with E-state index in [-0.39, 0.29) is 12.3 Å². The Morgan fingerprint density at radius 3 is 0.932 bits per heavy atom. The fourth-order valence-corrected chi connectivity index (χ4v) is 20.1. The molecule has 0 aromatic heterocycles. The Balaban J connectivity index is 0.937. The molecule has 0 aromatic rings. The molecule has 18 unspecified atom stereocenters. The molecule has 0 aliphatic carbocycles. The summed E-state index contributed by atoms with van der Waals surface area (Å²) in [5.74, 6) is -2.41. The summed E-state index contributed by atoms with van der Waals surface area (Å²) in [6.07, 6.45) is -49.9. The van der Waals surface area contributed by atoms with Crippen LogP contribution in [-0.2, 0) is 99.6 Å². The molecule has 0 saturated carbocycles. The Kier molecular flexibility index (Phi) is 55.4. The van der Waals surface area contributed by atoms with Crippen LogP contribution < -0.4 is 16.0 Å². The molecule has 0 radical (unpaired) electrons. The van der Waals surface area contributed by atoms with Crippen molar-refractivity contribution in [1.82, 2.24) is 16.0 Å². The van der Waals surface area contributed by atoms with Crippen molar-refractivity contribution in [2.45, 2.75) is 542 Å². The summed E-state index contributed by atoms with van der Waals surface area (Å²) >= 11 is 0. The highest BCUT2D eigenvalue weighted by atomic mass is 16.8. The van der Waals surface area contributed by atoms with Crippen LogP contribution in [0, 0.1) is 0 Å². The van der Waals surface area contributed by atoms with Crippen molar-refractivity contribution < 1.29 is 222 Å². The quantitative estimate of drug-likeness (QED) is 0.0202. The van der Waals surface area contributed by atoms with Gasteiger partial charge in [-0.25, -0.2) is 0 Å². The van der Waals surface area contributed by atoms with Crippen LogP contribution in [0.5, 0.6) is 0 Å². The summed E-state index contributed by atoms with van der Waals surface area (Å²) in [7, 11) is 0. The van der Waals surface area contributed by atoms with Crippen molar-refractivity contribution >= 4 is 17.7 Å². The second-order valence-electron chi connectivity index (χ2n) is 40.4. The van der Waals surface area contributed by atoms with Crippen molar-refractivity contribution in [3.05, 3.63) is 12.2 Å². The lowest BCUT2D eigenvalue weighted by Gasteiger charge is -2.53. The van der Waals surface area contributed by atoms with Crippen molar-refractivity contribution in [3.63, 3.8) is 0 Å². The molecule has 27 N–H and O–H groups in total. The summed E-state index contributed by atoms with van der Waals surface area (Å²) in [6, 6.07) is -5.29. The van der Waals surface area contributed by atoms with Crippen LogP contribution in [0.4, 0.5) is 0 Å². The Bertz CT molecular complexity index is 3630. The number of allylic oxidation sites excluding steroid dienone is 1. The third kappa shape index (κ3) is 35.5. The maximum Gasteiger partial charge on any atom is 0.220 e. The number of rotatable bonds is 62. The Hall–Kier alpha value is -3.53. The van der Waals surface area contributed by atoms with Gasteiger partial charge in [0, 0.05) is 20.3 Å². The third-order valence-electron chi connectivity index (χ3n) is 29.0. The first kappa shape index (κ1) is 126. The maximum absolute atomic E-state index is 13.9. The smallest absolute Gasteiger partial charge is 0.220 e. The van der Waals surface area contributed by atoms with E-state index >= 15 is 0 Å². The van der Waals surface area contributed by atoms with Crippen molar-refractivity contribution in [2.24, 2.45) is 0 Å². The first-order valence-electron chi connectivity index (χ1n) is 53.1. The lowest BCUT2D eigenvalue weighted by Crippen LogP contribution is -2.72. The Morgan fingerprint density at radius 2 is 0.562 bits per heavy atom. The first-order valence-corrected chi connectivity index (χ1v) is 53.1. The molecular formula is C98H175N3O45. The van der Waals surface area contributed by atoms with Gasteiger partial charge < -0.3 is 224 Å². The molecular weight excluding hydrogens is 1940 g/mol. The molecule has 9 fully saturated rings.